The summed E-state index contributed by atoms with van der Waals surface area (Å²) in [6, 6.07) is 9.45. The first kappa shape index (κ1) is 19.8. The third-order valence-electron chi connectivity index (χ3n) is 5.33. The van der Waals surface area contributed by atoms with Crippen molar-refractivity contribution in [3.63, 3.8) is 0 Å². The summed E-state index contributed by atoms with van der Waals surface area (Å²) >= 11 is 0. The number of nitrogens with zero attached hydrogens (tertiary/aromatic N) is 4. The van der Waals surface area contributed by atoms with Gasteiger partial charge in [0.25, 0.3) is 0 Å². The second-order valence-electron chi connectivity index (χ2n) is 7.36. The molecule has 1 aliphatic rings. The predicted octanol–water partition coefficient (Wildman–Crippen LogP) is 5.91. The Labute approximate surface area is 153 Å². The Morgan fingerprint density at radius 3 is 2.20 bits per heavy atom. The molecule has 138 valence electrons. The fraction of sp³-hybridized carbons (Fsp3) is 0.714. The van der Waals surface area contributed by atoms with Crippen LogP contribution in [0.4, 0.5) is 0 Å². The summed E-state index contributed by atoms with van der Waals surface area (Å²) in [5.74, 6) is 0. The lowest BCUT2D eigenvalue weighted by atomic mass is 10.0. The lowest BCUT2D eigenvalue weighted by Crippen LogP contribution is -2.36. The average Bonchev–Trinajstić information content (AvgIpc) is 2.65. The van der Waals surface area contributed by atoms with E-state index in [1.54, 1.807) is 0 Å². The van der Waals surface area contributed by atoms with Gasteiger partial charge in [-0.2, -0.15) is 0 Å². The van der Waals surface area contributed by atoms with E-state index in [-0.39, 0.29) is 6.04 Å². The van der Waals surface area contributed by atoms with Crippen LogP contribution in [0.2, 0.25) is 0 Å². The summed E-state index contributed by atoms with van der Waals surface area (Å²) < 4.78 is 0. The van der Waals surface area contributed by atoms with Gasteiger partial charge in [0.1, 0.15) is 0 Å². The van der Waals surface area contributed by atoms with Gasteiger partial charge in [0.15, 0.2) is 0 Å². The van der Waals surface area contributed by atoms with E-state index in [1.807, 2.05) is 0 Å². The summed E-state index contributed by atoms with van der Waals surface area (Å²) in [5.41, 5.74) is 11.4. The molecule has 4 nitrogen and oxygen atoms in total. The van der Waals surface area contributed by atoms with E-state index in [0.29, 0.717) is 0 Å². The Morgan fingerprint density at radius 2 is 1.56 bits per heavy atom. The summed E-state index contributed by atoms with van der Waals surface area (Å²) in [5, 5.41) is 3.85. The largest absolute Gasteiger partial charge is 0.303 e. The van der Waals surface area contributed by atoms with Crippen molar-refractivity contribution in [3.05, 3.63) is 45.8 Å². The molecule has 25 heavy (non-hydrogen) atoms. The second kappa shape index (κ2) is 11.9. The van der Waals surface area contributed by atoms with Crippen LogP contribution in [0.5, 0.6) is 0 Å². The molecular weight excluding hydrogens is 308 g/mol. The second-order valence-corrected chi connectivity index (χ2v) is 7.36. The molecule has 1 aliphatic heterocycles. The highest BCUT2D eigenvalue weighted by Crippen LogP contribution is 2.15. The van der Waals surface area contributed by atoms with Crippen molar-refractivity contribution in [1.82, 2.24) is 4.90 Å². The molecule has 4 heteroatoms. The van der Waals surface area contributed by atoms with Crippen molar-refractivity contribution in [3.8, 4) is 0 Å². The molecule has 0 atom stereocenters. The molecule has 1 fully saturated rings. The highest BCUT2D eigenvalue weighted by molar-refractivity contribution is 5.22. The third kappa shape index (κ3) is 7.94. The van der Waals surface area contributed by atoms with Crippen LogP contribution in [-0.4, -0.2) is 30.6 Å². The molecule has 0 spiro atoms. The van der Waals surface area contributed by atoms with E-state index in [0.717, 1.165) is 38.9 Å². The van der Waals surface area contributed by atoms with Gasteiger partial charge in [-0.1, -0.05) is 68.4 Å². The average molecular weight is 343 g/mol. The standard InChI is InChI=1S/C21H34N4/c1-2-3-4-5-6-7-8-19-9-11-20(12-10-19)13-16-25-17-14-21(15-18-25)23-24-22/h9-12,21H,2-8,13-18H2,1H3. The van der Waals surface area contributed by atoms with Crippen molar-refractivity contribution in [2.75, 3.05) is 19.6 Å². The van der Waals surface area contributed by atoms with Gasteiger partial charge in [-0.3, -0.25) is 0 Å². The van der Waals surface area contributed by atoms with Crippen LogP contribution in [0.3, 0.4) is 0 Å². The van der Waals surface area contributed by atoms with E-state index in [4.69, 9.17) is 5.53 Å². The highest BCUT2D eigenvalue weighted by Gasteiger charge is 2.17. The number of likely N-dealkylation sites (tertiary alicyclic amines) is 1. The van der Waals surface area contributed by atoms with Gasteiger partial charge in [0.05, 0.1) is 0 Å². The Kier molecular flexibility index (Phi) is 9.46. The highest BCUT2D eigenvalue weighted by atomic mass is 15.2. The molecule has 1 saturated heterocycles. The van der Waals surface area contributed by atoms with Gasteiger partial charge >= 0.3 is 0 Å². The predicted molar refractivity (Wildman–Crippen MR) is 106 cm³/mol. The maximum absolute atomic E-state index is 8.51. The van der Waals surface area contributed by atoms with Crippen molar-refractivity contribution in [2.45, 2.75) is 77.2 Å². The SMILES string of the molecule is CCCCCCCCc1ccc(CCN2CCC(N=[N+]=[N-])CC2)cc1. The van der Waals surface area contributed by atoms with E-state index in [2.05, 4.69) is 46.1 Å². The molecule has 0 radical (unpaired) electrons. The van der Waals surface area contributed by atoms with E-state index >= 15 is 0 Å². The monoisotopic (exact) mass is 342 g/mol. The van der Waals surface area contributed by atoms with Crippen molar-refractivity contribution < 1.29 is 0 Å². The number of hydrogen-bond donors (Lipinski definition) is 0. The smallest absolute Gasteiger partial charge is 0.0398 e. The number of azide groups is 1. The molecule has 0 N–H and O–H groups in total. The minimum Gasteiger partial charge on any atom is -0.303 e. The van der Waals surface area contributed by atoms with Crippen LogP contribution in [0, 0.1) is 0 Å². The summed E-state index contributed by atoms with van der Waals surface area (Å²) in [7, 11) is 0. The van der Waals surface area contributed by atoms with Crippen LogP contribution in [-0.2, 0) is 12.8 Å². The van der Waals surface area contributed by atoms with E-state index < -0.39 is 0 Å². The number of rotatable bonds is 11. The summed E-state index contributed by atoms with van der Waals surface area (Å²) in [4.78, 5) is 5.43. The number of piperidine rings is 1. The Bertz CT molecular complexity index is 511. The Balaban J connectivity index is 1.61. The van der Waals surface area contributed by atoms with E-state index in [9.17, 15) is 0 Å². The number of aryl methyl sites for hydroxylation is 1. The zero-order valence-corrected chi connectivity index (χ0v) is 15.9. The fourth-order valence-electron chi connectivity index (χ4n) is 3.60. The number of unbranched alkanes of at least 4 members (excludes halogenated alkanes) is 5. The molecule has 0 aromatic heterocycles. The quantitative estimate of drug-likeness (QED) is 0.213. The van der Waals surface area contributed by atoms with Crippen LogP contribution < -0.4 is 0 Å². The fourth-order valence-corrected chi connectivity index (χ4v) is 3.60. The lowest BCUT2D eigenvalue weighted by molar-refractivity contribution is 0.215. The van der Waals surface area contributed by atoms with Crippen LogP contribution in [0.25, 0.3) is 10.4 Å². The molecule has 0 unspecified atom stereocenters. The topological polar surface area (TPSA) is 52.0 Å². The van der Waals surface area contributed by atoms with Crippen LogP contribution in [0.15, 0.2) is 29.4 Å². The van der Waals surface area contributed by atoms with Gasteiger partial charge in [-0.25, -0.2) is 0 Å². The van der Waals surface area contributed by atoms with Gasteiger partial charge in [0, 0.05) is 17.5 Å². The van der Waals surface area contributed by atoms with Crippen LogP contribution in [0.1, 0.15) is 69.4 Å². The van der Waals surface area contributed by atoms with Crippen molar-refractivity contribution >= 4 is 0 Å². The zero-order chi connectivity index (χ0) is 17.7. The molecule has 1 heterocycles. The van der Waals surface area contributed by atoms with Gasteiger partial charge < -0.3 is 4.90 Å². The lowest BCUT2D eigenvalue weighted by Gasteiger charge is -2.29. The summed E-state index contributed by atoms with van der Waals surface area (Å²) in [6.07, 6.45) is 12.5. The van der Waals surface area contributed by atoms with Gasteiger partial charge in [-0.05, 0) is 61.9 Å². The Morgan fingerprint density at radius 1 is 0.960 bits per heavy atom. The molecule has 2 rings (SSSR count). The third-order valence-corrected chi connectivity index (χ3v) is 5.33. The minimum absolute atomic E-state index is 0.211. The molecule has 0 bridgehead atoms. The van der Waals surface area contributed by atoms with Crippen LogP contribution >= 0.6 is 0 Å². The van der Waals surface area contributed by atoms with Gasteiger partial charge in [0.2, 0.25) is 0 Å². The number of benzene rings is 1. The first-order valence-electron chi connectivity index (χ1n) is 10.2. The maximum atomic E-state index is 8.51. The molecular formula is C21H34N4. The minimum atomic E-state index is 0.211. The number of hydrogen-bond acceptors (Lipinski definition) is 2. The molecule has 0 amide bonds. The van der Waals surface area contributed by atoms with Gasteiger partial charge in [-0.15, -0.1) is 0 Å². The summed E-state index contributed by atoms with van der Waals surface area (Å²) in [6.45, 7) is 5.49. The van der Waals surface area contributed by atoms with Crippen molar-refractivity contribution in [2.24, 2.45) is 5.11 Å². The van der Waals surface area contributed by atoms with E-state index in [1.165, 1.54) is 56.1 Å². The molecule has 1 aromatic rings. The first-order chi connectivity index (χ1) is 12.3. The molecule has 0 aliphatic carbocycles. The molecule has 1 aromatic carbocycles. The Hall–Kier alpha value is -1.51. The first-order valence-corrected chi connectivity index (χ1v) is 10.2. The normalized spacial score (nSPS) is 15.9. The zero-order valence-electron chi connectivity index (χ0n) is 15.9. The maximum Gasteiger partial charge on any atom is 0.0398 e. The molecule has 0 saturated carbocycles. The van der Waals surface area contributed by atoms with Crippen molar-refractivity contribution in [1.29, 1.82) is 0 Å².